The number of fused-ring (bicyclic) bond motifs is 3. The minimum absolute atomic E-state index is 0.896. The molecule has 1 aliphatic rings. The monoisotopic (exact) mass is 338 g/mol. The molecule has 126 valence electrons. The quantitative estimate of drug-likeness (QED) is 0.441. The van der Waals surface area contributed by atoms with E-state index in [1.165, 1.54) is 39.2 Å². The van der Waals surface area contributed by atoms with Gasteiger partial charge in [0.15, 0.2) is 6.20 Å². The van der Waals surface area contributed by atoms with Gasteiger partial charge in [-0.15, -0.1) is 0 Å². The summed E-state index contributed by atoms with van der Waals surface area (Å²) in [6.07, 6.45) is 7.02. The molecule has 0 unspecified atom stereocenters. The van der Waals surface area contributed by atoms with Gasteiger partial charge in [0, 0.05) is 24.9 Å². The molecule has 2 aromatic heterocycles. The molecular formula is C23H20N3+. The van der Waals surface area contributed by atoms with E-state index in [2.05, 4.69) is 95.1 Å². The second-order valence-corrected chi connectivity index (χ2v) is 6.94. The molecule has 1 aliphatic heterocycles. The number of aryl methyl sites for hydroxylation is 2. The third kappa shape index (κ3) is 2.21. The SMILES string of the molecule is Cc1ccc(-c2ccccc2)cc1-c1c2c(cc[n+]1C)Cc1nccn1-2. The van der Waals surface area contributed by atoms with Gasteiger partial charge in [-0.25, -0.2) is 4.98 Å². The number of aromatic nitrogens is 3. The van der Waals surface area contributed by atoms with Crippen LogP contribution >= 0.6 is 0 Å². The van der Waals surface area contributed by atoms with Crippen LogP contribution in [0, 0.1) is 6.92 Å². The molecule has 0 spiro atoms. The second-order valence-electron chi connectivity index (χ2n) is 6.94. The zero-order valence-electron chi connectivity index (χ0n) is 15.0. The first kappa shape index (κ1) is 15.1. The molecule has 0 saturated heterocycles. The summed E-state index contributed by atoms with van der Waals surface area (Å²) in [7, 11) is 2.12. The van der Waals surface area contributed by atoms with Gasteiger partial charge >= 0.3 is 0 Å². The van der Waals surface area contributed by atoms with Gasteiger partial charge in [-0.2, -0.15) is 4.57 Å². The van der Waals surface area contributed by atoms with Crippen LogP contribution in [0.5, 0.6) is 0 Å². The molecule has 5 rings (SSSR count). The number of nitrogens with zero attached hydrogens (tertiary/aromatic N) is 3. The van der Waals surface area contributed by atoms with Gasteiger partial charge in [0.2, 0.25) is 5.69 Å². The molecule has 4 aromatic rings. The lowest BCUT2D eigenvalue weighted by molar-refractivity contribution is -0.660. The average Bonchev–Trinajstić information content (AvgIpc) is 3.25. The van der Waals surface area contributed by atoms with Crippen molar-refractivity contribution < 1.29 is 4.57 Å². The molecule has 0 atom stereocenters. The highest BCUT2D eigenvalue weighted by atomic mass is 15.1. The van der Waals surface area contributed by atoms with E-state index in [9.17, 15) is 0 Å². The average molecular weight is 338 g/mol. The molecule has 3 nitrogen and oxygen atoms in total. The summed E-state index contributed by atoms with van der Waals surface area (Å²) in [4.78, 5) is 4.52. The predicted molar refractivity (Wildman–Crippen MR) is 103 cm³/mol. The molecule has 0 bridgehead atoms. The van der Waals surface area contributed by atoms with Crippen LogP contribution in [0.3, 0.4) is 0 Å². The van der Waals surface area contributed by atoms with Crippen LogP contribution in [0.1, 0.15) is 17.0 Å². The van der Waals surface area contributed by atoms with E-state index in [1.807, 2.05) is 6.20 Å². The van der Waals surface area contributed by atoms with Crippen LogP contribution in [-0.4, -0.2) is 9.55 Å². The Kier molecular flexibility index (Phi) is 3.29. The molecule has 0 aliphatic carbocycles. The first-order valence-corrected chi connectivity index (χ1v) is 8.93. The number of hydrogen-bond acceptors (Lipinski definition) is 1. The van der Waals surface area contributed by atoms with E-state index in [1.54, 1.807) is 0 Å². The van der Waals surface area contributed by atoms with Crippen molar-refractivity contribution in [3.05, 3.63) is 90.1 Å². The summed E-state index contributed by atoms with van der Waals surface area (Å²) < 4.78 is 4.46. The lowest BCUT2D eigenvalue weighted by atomic mass is 9.96. The van der Waals surface area contributed by atoms with Gasteiger partial charge in [-0.3, -0.25) is 4.57 Å². The highest BCUT2D eigenvalue weighted by Crippen LogP contribution is 2.36. The minimum Gasteiger partial charge on any atom is -0.297 e. The van der Waals surface area contributed by atoms with Crippen LogP contribution in [-0.2, 0) is 13.5 Å². The lowest BCUT2D eigenvalue weighted by Crippen LogP contribution is -2.32. The van der Waals surface area contributed by atoms with Crippen molar-refractivity contribution in [2.45, 2.75) is 13.3 Å². The van der Waals surface area contributed by atoms with Crippen molar-refractivity contribution >= 4 is 0 Å². The fraction of sp³-hybridized carbons (Fsp3) is 0.130. The largest absolute Gasteiger partial charge is 0.297 e. The van der Waals surface area contributed by atoms with E-state index >= 15 is 0 Å². The van der Waals surface area contributed by atoms with Gasteiger partial charge in [0.05, 0.1) is 5.56 Å². The molecule has 0 amide bonds. The predicted octanol–water partition coefficient (Wildman–Crippen LogP) is 4.24. The summed E-state index contributed by atoms with van der Waals surface area (Å²) in [6.45, 7) is 2.19. The Morgan fingerprint density at radius 3 is 2.69 bits per heavy atom. The van der Waals surface area contributed by atoms with Crippen molar-refractivity contribution in [1.82, 2.24) is 9.55 Å². The number of benzene rings is 2. The van der Waals surface area contributed by atoms with Crippen molar-refractivity contribution in [1.29, 1.82) is 0 Å². The van der Waals surface area contributed by atoms with Crippen LogP contribution < -0.4 is 4.57 Å². The molecule has 0 fully saturated rings. The Hall–Kier alpha value is -3.20. The van der Waals surface area contributed by atoms with Crippen molar-refractivity contribution in [2.75, 3.05) is 0 Å². The summed E-state index contributed by atoms with van der Waals surface area (Å²) in [6, 6.07) is 19.5. The highest BCUT2D eigenvalue weighted by Gasteiger charge is 2.29. The van der Waals surface area contributed by atoms with E-state index in [0.29, 0.717) is 0 Å². The maximum absolute atomic E-state index is 4.52. The standard InChI is InChI=1S/C23H20N3/c1-16-8-9-18(17-6-4-3-5-7-17)14-20(16)23-22-19(10-12-25(23)2)15-21-24-11-13-26(21)22/h3-14H,15H2,1-2H3/q+1. The summed E-state index contributed by atoms with van der Waals surface area (Å²) >= 11 is 0. The number of hydrogen-bond donors (Lipinski definition) is 0. The maximum atomic E-state index is 4.52. The van der Waals surface area contributed by atoms with Crippen LogP contribution in [0.15, 0.2) is 73.2 Å². The third-order valence-corrected chi connectivity index (χ3v) is 5.29. The molecule has 26 heavy (non-hydrogen) atoms. The highest BCUT2D eigenvalue weighted by molar-refractivity contribution is 5.78. The Morgan fingerprint density at radius 2 is 1.85 bits per heavy atom. The van der Waals surface area contributed by atoms with E-state index in [0.717, 1.165) is 12.2 Å². The van der Waals surface area contributed by atoms with E-state index < -0.39 is 0 Å². The summed E-state index contributed by atoms with van der Waals surface area (Å²) in [5, 5.41) is 0. The van der Waals surface area contributed by atoms with Crippen LogP contribution in [0.2, 0.25) is 0 Å². The van der Waals surface area contributed by atoms with Gasteiger partial charge in [0.1, 0.15) is 18.6 Å². The van der Waals surface area contributed by atoms with E-state index in [-0.39, 0.29) is 0 Å². The Bertz CT molecular complexity index is 1120. The summed E-state index contributed by atoms with van der Waals surface area (Å²) in [5.74, 6) is 1.12. The van der Waals surface area contributed by atoms with Crippen molar-refractivity contribution in [3.63, 3.8) is 0 Å². The maximum Gasteiger partial charge on any atom is 0.237 e. The first-order chi connectivity index (χ1) is 12.7. The van der Waals surface area contributed by atoms with E-state index in [4.69, 9.17) is 0 Å². The Morgan fingerprint density at radius 1 is 1.00 bits per heavy atom. The molecule has 3 heterocycles. The summed E-state index contributed by atoms with van der Waals surface area (Å²) in [5.41, 5.74) is 8.88. The normalized spacial score (nSPS) is 12.1. The molecular weight excluding hydrogens is 318 g/mol. The van der Waals surface area contributed by atoms with Gasteiger partial charge < -0.3 is 0 Å². The molecule has 2 aromatic carbocycles. The second kappa shape index (κ2) is 5.67. The first-order valence-electron chi connectivity index (χ1n) is 8.93. The third-order valence-electron chi connectivity index (χ3n) is 5.29. The lowest BCUT2D eigenvalue weighted by Gasteiger charge is -2.12. The minimum atomic E-state index is 0.896. The van der Waals surface area contributed by atoms with Crippen LogP contribution in [0.25, 0.3) is 28.1 Å². The number of rotatable bonds is 2. The zero-order chi connectivity index (χ0) is 17.7. The van der Waals surface area contributed by atoms with Crippen LogP contribution in [0.4, 0.5) is 0 Å². The molecule has 0 saturated carbocycles. The molecule has 0 N–H and O–H groups in total. The van der Waals surface area contributed by atoms with Crippen molar-refractivity contribution in [3.8, 4) is 28.1 Å². The molecule has 0 radical (unpaired) electrons. The van der Waals surface area contributed by atoms with Crippen molar-refractivity contribution in [2.24, 2.45) is 7.05 Å². The fourth-order valence-corrected chi connectivity index (χ4v) is 3.93. The number of pyridine rings is 1. The Balaban J connectivity index is 1.77. The Labute approximate surface area is 153 Å². The van der Waals surface area contributed by atoms with Gasteiger partial charge in [0.25, 0.3) is 0 Å². The smallest absolute Gasteiger partial charge is 0.237 e. The topological polar surface area (TPSA) is 21.7 Å². The van der Waals surface area contributed by atoms with Gasteiger partial charge in [-0.1, -0.05) is 42.5 Å². The number of imidazole rings is 1. The molecule has 3 heteroatoms. The zero-order valence-corrected chi connectivity index (χ0v) is 15.0. The van der Waals surface area contributed by atoms with Gasteiger partial charge in [-0.05, 0) is 35.2 Å². The fourth-order valence-electron chi connectivity index (χ4n) is 3.93.